The van der Waals surface area contributed by atoms with Gasteiger partial charge in [0.1, 0.15) is 11.2 Å². The van der Waals surface area contributed by atoms with E-state index >= 15 is 0 Å². The molecule has 1 nitrogen and oxygen atoms in total. The molecule has 0 radical (unpaired) electrons. The molecule has 0 aliphatic heterocycles. The van der Waals surface area contributed by atoms with Gasteiger partial charge in [0.25, 0.3) is 0 Å². The average Bonchev–Trinajstić information content (AvgIpc) is 3.36. The van der Waals surface area contributed by atoms with Crippen LogP contribution >= 0.6 is 0 Å². The van der Waals surface area contributed by atoms with Crippen LogP contribution in [0, 0.1) is 0 Å². The first kappa shape index (κ1) is 22.0. The minimum Gasteiger partial charge on any atom is -0.455 e. The van der Waals surface area contributed by atoms with Crippen LogP contribution in [0.2, 0.25) is 0 Å². The Balaban J connectivity index is 1.37. The van der Waals surface area contributed by atoms with Crippen LogP contribution in [-0.4, -0.2) is 0 Å². The van der Waals surface area contributed by atoms with Gasteiger partial charge >= 0.3 is 0 Å². The van der Waals surface area contributed by atoms with Gasteiger partial charge in [-0.3, -0.25) is 0 Å². The lowest BCUT2D eigenvalue weighted by atomic mass is 9.68. The maximum absolute atomic E-state index is 6.75. The van der Waals surface area contributed by atoms with E-state index in [9.17, 15) is 0 Å². The molecule has 0 atom stereocenters. The van der Waals surface area contributed by atoms with Crippen molar-refractivity contribution in [2.24, 2.45) is 0 Å². The number of benzene rings is 7. The first-order valence-electron chi connectivity index (χ1n) is 14.0. The summed E-state index contributed by atoms with van der Waals surface area (Å²) in [5, 5.41) is 9.95. The fourth-order valence-corrected chi connectivity index (χ4v) is 7.22. The van der Waals surface area contributed by atoms with Gasteiger partial charge in [0, 0.05) is 21.8 Å². The van der Waals surface area contributed by atoms with Crippen LogP contribution in [0.4, 0.5) is 0 Å². The maximum Gasteiger partial charge on any atom is 0.143 e. The number of hydrogen-bond acceptors (Lipinski definition) is 1. The Morgan fingerprint density at radius 1 is 0.475 bits per heavy atom. The molecule has 1 aromatic heterocycles. The highest BCUT2D eigenvalue weighted by atomic mass is 16.3. The lowest BCUT2D eigenvalue weighted by Crippen LogP contribution is -2.23. The lowest BCUT2D eigenvalue weighted by Gasteiger charge is -2.35. The van der Waals surface area contributed by atoms with Crippen molar-refractivity contribution in [3.05, 3.63) is 132 Å². The number of hydrogen-bond donors (Lipinski definition) is 0. The molecular formula is C39H26O. The molecule has 0 unspecified atom stereocenters. The minimum atomic E-state index is -0.124. The van der Waals surface area contributed by atoms with E-state index in [1.165, 1.54) is 70.9 Å². The number of fused-ring (bicyclic) bond motifs is 8. The zero-order valence-electron chi connectivity index (χ0n) is 22.5. The van der Waals surface area contributed by atoms with E-state index in [2.05, 4.69) is 135 Å². The van der Waals surface area contributed by atoms with Crippen molar-refractivity contribution in [1.82, 2.24) is 0 Å². The number of rotatable bonds is 1. The molecule has 0 fully saturated rings. The molecule has 0 saturated heterocycles. The molecule has 0 bridgehead atoms. The molecule has 1 heterocycles. The Kier molecular flexibility index (Phi) is 4.18. The van der Waals surface area contributed by atoms with Gasteiger partial charge in [-0.2, -0.15) is 0 Å². The Morgan fingerprint density at radius 2 is 1.20 bits per heavy atom. The molecule has 40 heavy (non-hydrogen) atoms. The summed E-state index contributed by atoms with van der Waals surface area (Å²) in [7, 11) is 0. The van der Waals surface area contributed by atoms with Crippen molar-refractivity contribution in [3.8, 4) is 22.3 Å². The molecular weight excluding hydrogens is 484 g/mol. The fraction of sp³-hybridized carbons (Fsp3) is 0.0769. The summed E-state index contributed by atoms with van der Waals surface area (Å²) in [5.74, 6) is 0. The molecule has 7 aromatic carbocycles. The Hall–Kier alpha value is -4.88. The summed E-state index contributed by atoms with van der Waals surface area (Å²) in [5.41, 5.74) is 9.51. The highest BCUT2D eigenvalue weighted by Gasteiger charge is 2.33. The van der Waals surface area contributed by atoms with Gasteiger partial charge in [-0.1, -0.05) is 111 Å². The predicted molar refractivity (Wildman–Crippen MR) is 169 cm³/mol. The zero-order chi connectivity index (χ0) is 26.6. The SMILES string of the molecule is CC1(C)c2cc(-c3cc4ccccc4c4c3oc3cc5ccccc5cc34)ccc2-c2cccc3cccc1c23. The van der Waals surface area contributed by atoms with E-state index in [4.69, 9.17) is 4.42 Å². The predicted octanol–water partition coefficient (Wildman–Crippen LogP) is 11.0. The molecule has 0 N–H and O–H groups in total. The minimum absolute atomic E-state index is 0.124. The van der Waals surface area contributed by atoms with Crippen LogP contribution < -0.4 is 0 Å². The third-order valence-electron chi connectivity index (χ3n) is 9.20. The number of furan rings is 1. The van der Waals surface area contributed by atoms with Gasteiger partial charge < -0.3 is 4.42 Å². The van der Waals surface area contributed by atoms with Gasteiger partial charge in [-0.05, 0) is 84.4 Å². The Bertz CT molecular complexity index is 2340. The smallest absolute Gasteiger partial charge is 0.143 e. The Morgan fingerprint density at radius 3 is 2.05 bits per heavy atom. The molecule has 0 spiro atoms. The van der Waals surface area contributed by atoms with Crippen molar-refractivity contribution in [2.45, 2.75) is 19.3 Å². The first-order valence-corrected chi connectivity index (χ1v) is 14.0. The second-order valence-corrected chi connectivity index (χ2v) is 11.7. The van der Waals surface area contributed by atoms with E-state index in [1.807, 2.05) is 0 Å². The van der Waals surface area contributed by atoms with E-state index in [1.54, 1.807) is 0 Å². The van der Waals surface area contributed by atoms with Gasteiger partial charge in [0.15, 0.2) is 0 Å². The van der Waals surface area contributed by atoms with Gasteiger partial charge in [0.2, 0.25) is 0 Å². The second-order valence-electron chi connectivity index (χ2n) is 11.7. The zero-order valence-corrected chi connectivity index (χ0v) is 22.5. The highest BCUT2D eigenvalue weighted by Crippen LogP contribution is 2.50. The molecule has 0 saturated carbocycles. The molecule has 1 aliphatic rings. The quantitative estimate of drug-likeness (QED) is 0.214. The van der Waals surface area contributed by atoms with Gasteiger partial charge in [0.05, 0.1) is 0 Å². The normalized spacial score (nSPS) is 13.9. The molecule has 1 heteroatoms. The summed E-state index contributed by atoms with van der Waals surface area (Å²) in [6.07, 6.45) is 0. The van der Waals surface area contributed by atoms with Gasteiger partial charge in [-0.15, -0.1) is 0 Å². The summed E-state index contributed by atoms with van der Waals surface area (Å²) in [6, 6.07) is 44.5. The average molecular weight is 511 g/mol. The highest BCUT2D eigenvalue weighted by molar-refractivity contribution is 6.24. The third kappa shape index (κ3) is 2.82. The molecule has 188 valence electrons. The third-order valence-corrected chi connectivity index (χ3v) is 9.20. The summed E-state index contributed by atoms with van der Waals surface area (Å²) in [4.78, 5) is 0. The maximum atomic E-state index is 6.75. The van der Waals surface area contributed by atoms with E-state index in [-0.39, 0.29) is 5.41 Å². The molecule has 9 rings (SSSR count). The van der Waals surface area contributed by atoms with Crippen LogP contribution in [0.25, 0.3) is 76.5 Å². The van der Waals surface area contributed by atoms with Crippen LogP contribution in [0.5, 0.6) is 0 Å². The first-order chi connectivity index (χ1) is 19.6. The summed E-state index contributed by atoms with van der Waals surface area (Å²) < 4.78 is 6.75. The van der Waals surface area contributed by atoms with E-state index in [0.29, 0.717) is 0 Å². The molecule has 1 aliphatic carbocycles. The van der Waals surface area contributed by atoms with Gasteiger partial charge in [-0.25, -0.2) is 0 Å². The second kappa shape index (κ2) is 7.61. The standard InChI is InChI=1S/C39H26O/c1-39(2)33-16-8-13-23-12-7-15-30(36(23)33)29-18-17-27(21-34(29)39)31-20-26-11-5-6-14-28(26)37-32-19-24-9-3-4-10-25(24)22-35(32)40-38(31)37/h3-22H,1-2H3. The van der Waals surface area contributed by atoms with Crippen molar-refractivity contribution in [1.29, 1.82) is 0 Å². The lowest BCUT2D eigenvalue weighted by molar-refractivity contribution is 0.645. The molecule has 0 amide bonds. The van der Waals surface area contributed by atoms with E-state index in [0.717, 1.165) is 16.7 Å². The monoisotopic (exact) mass is 510 g/mol. The van der Waals surface area contributed by atoms with Crippen LogP contribution in [-0.2, 0) is 5.41 Å². The van der Waals surface area contributed by atoms with Crippen molar-refractivity contribution >= 4 is 54.3 Å². The fourth-order valence-electron chi connectivity index (χ4n) is 7.22. The molecule has 8 aromatic rings. The van der Waals surface area contributed by atoms with Crippen LogP contribution in [0.1, 0.15) is 25.0 Å². The van der Waals surface area contributed by atoms with Crippen LogP contribution in [0.3, 0.4) is 0 Å². The summed E-state index contributed by atoms with van der Waals surface area (Å²) >= 11 is 0. The summed E-state index contributed by atoms with van der Waals surface area (Å²) in [6.45, 7) is 4.73. The topological polar surface area (TPSA) is 13.1 Å². The van der Waals surface area contributed by atoms with Crippen molar-refractivity contribution < 1.29 is 4.42 Å². The Labute approximate surface area is 232 Å². The van der Waals surface area contributed by atoms with Crippen LogP contribution in [0.15, 0.2) is 126 Å². The largest absolute Gasteiger partial charge is 0.455 e. The van der Waals surface area contributed by atoms with Crippen molar-refractivity contribution in [2.75, 3.05) is 0 Å². The van der Waals surface area contributed by atoms with Crippen molar-refractivity contribution in [3.63, 3.8) is 0 Å². The van der Waals surface area contributed by atoms with E-state index < -0.39 is 0 Å².